The second-order valence-electron chi connectivity index (χ2n) is 6.55. The van der Waals surface area contributed by atoms with E-state index in [0.29, 0.717) is 13.0 Å². The Hall–Kier alpha value is -1.78. The fraction of sp³-hybridized carbons (Fsp3) is 0.647. The first-order valence-corrected chi connectivity index (χ1v) is 8.28. The average molecular weight is 303 g/mol. The maximum Gasteiger partial charge on any atom is 0.270 e. The number of aryl methyl sites for hydroxylation is 1. The molecule has 1 atom stereocenters. The summed E-state index contributed by atoms with van der Waals surface area (Å²) in [5, 5.41) is 0. The van der Waals surface area contributed by atoms with Crippen LogP contribution in [0.1, 0.15) is 49.5 Å². The zero-order chi connectivity index (χ0) is 15.7. The van der Waals surface area contributed by atoms with E-state index >= 15 is 0 Å². The first kappa shape index (κ1) is 15.1. The second kappa shape index (κ2) is 5.78. The summed E-state index contributed by atoms with van der Waals surface area (Å²) in [7, 11) is 1.90. The molecular weight excluding hydrogens is 278 g/mol. The third-order valence-corrected chi connectivity index (χ3v) is 5.23. The molecule has 0 aromatic carbocycles. The zero-order valence-corrected chi connectivity index (χ0v) is 13.5. The fourth-order valence-corrected chi connectivity index (χ4v) is 4.17. The number of aromatic nitrogens is 1. The summed E-state index contributed by atoms with van der Waals surface area (Å²) in [5.41, 5.74) is 0.589. The van der Waals surface area contributed by atoms with Crippen LogP contribution in [-0.2, 0) is 11.8 Å². The van der Waals surface area contributed by atoms with Gasteiger partial charge in [0.25, 0.3) is 5.91 Å². The number of rotatable bonds is 2. The van der Waals surface area contributed by atoms with Crippen molar-refractivity contribution in [1.82, 2.24) is 14.4 Å². The van der Waals surface area contributed by atoms with Crippen LogP contribution in [0.25, 0.3) is 0 Å². The van der Waals surface area contributed by atoms with Crippen molar-refractivity contribution in [2.75, 3.05) is 19.6 Å². The Morgan fingerprint density at radius 1 is 1.32 bits per heavy atom. The summed E-state index contributed by atoms with van der Waals surface area (Å²) in [6, 6.07) is 3.77. The lowest BCUT2D eigenvalue weighted by Crippen LogP contribution is -2.63. The van der Waals surface area contributed by atoms with Crippen LogP contribution in [0.3, 0.4) is 0 Å². The largest absolute Gasteiger partial charge is 0.347 e. The highest BCUT2D eigenvalue weighted by Crippen LogP contribution is 2.36. The van der Waals surface area contributed by atoms with E-state index in [-0.39, 0.29) is 17.4 Å². The monoisotopic (exact) mass is 303 g/mol. The summed E-state index contributed by atoms with van der Waals surface area (Å²) in [4.78, 5) is 29.0. The molecule has 1 spiro atoms. The molecule has 3 heterocycles. The van der Waals surface area contributed by atoms with Crippen molar-refractivity contribution in [2.45, 2.75) is 44.6 Å². The summed E-state index contributed by atoms with van der Waals surface area (Å²) >= 11 is 0. The van der Waals surface area contributed by atoms with E-state index in [9.17, 15) is 9.59 Å². The van der Waals surface area contributed by atoms with Crippen molar-refractivity contribution in [1.29, 1.82) is 0 Å². The molecule has 22 heavy (non-hydrogen) atoms. The van der Waals surface area contributed by atoms with E-state index in [4.69, 9.17) is 0 Å². The van der Waals surface area contributed by atoms with Crippen molar-refractivity contribution >= 4 is 11.8 Å². The minimum atomic E-state index is -0.136. The van der Waals surface area contributed by atoms with Crippen LogP contribution in [0.4, 0.5) is 0 Å². The molecule has 1 aromatic rings. The van der Waals surface area contributed by atoms with Crippen molar-refractivity contribution in [3.63, 3.8) is 0 Å². The molecule has 5 nitrogen and oxygen atoms in total. The van der Waals surface area contributed by atoms with E-state index in [2.05, 4.69) is 0 Å². The average Bonchev–Trinajstić information content (AvgIpc) is 2.93. The van der Waals surface area contributed by atoms with Crippen molar-refractivity contribution in [2.24, 2.45) is 7.05 Å². The zero-order valence-electron chi connectivity index (χ0n) is 13.5. The maximum absolute atomic E-state index is 12.8. The van der Waals surface area contributed by atoms with Gasteiger partial charge >= 0.3 is 0 Å². The molecule has 2 aliphatic heterocycles. The van der Waals surface area contributed by atoms with Crippen LogP contribution < -0.4 is 0 Å². The Kier molecular flexibility index (Phi) is 3.98. The van der Waals surface area contributed by atoms with Gasteiger partial charge in [-0.2, -0.15) is 0 Å². The first-order valence-electron chi connectivity index (χ1n) is 8.28. The van der Waals surface area contributed by atoms with Gasteiger partial charge in [0.05, 0.1) is 5.54 Å². The Bertz CT molecular complexity index is 576. The van der Waals surface area contributed by atoms with Gasteiger partial charge in [-0.25, -0.2) is 0 Å². The molecule has 0 bridgehead atoms. The Morgan fingerprint density at radius 2 is 2.09 bits per heavy atom. The lowest BCUT2D eigenvalue weighted by molar-refractivity contribution is -0.144. The van der Waals surface area contributed by atoms with Crippen LogP contribution in [0.2, 0.25) is 0 Å². The van der Waals surface area contributed by atoms with Gasteiger partial charge < -0.3 is 14.4 Å². The number of nitrogens with zero attached hydrogens (tertiary/aromatic N) is 3. The van der Waals surface area contributed by atoms with Gasteiger partial charge in [-0.3, -0.25) is 9.59 Å². The van der Waals surface area contributed by atoms with Gasteiger partial charge in [-0.1, -0.05) is 0 Å². The molecule has 2 amide bonds. The van der Waals surface area contributed by atoms with E-state index in [1.54, 1.807) is 0 Å². The molecule has 2 fully saturated rings. The highest BCUT2D eigenvalue weighted by atomic mass is 16.2. The van der Waals surface area contributed by atoms with Gasteiger partial charge in [0.2, 0.25) is 5.91 Å². The predicted molar refractivity (Wildman–Crippen MR) is 84.5 cm³/mol. The molecule has 2 saturated heterocycles. The van der Waals surface area contributed by atoms with Gasteiger partial charge in [-0.15, -0.1) is 0 Å². The minimum absolute atomic E-state index is 0.0839. The summed E-state index contributed by atoms with van der Waals surface area (Å²) in [6.07, 6.45) is 6.51. The van der Waals surface area contributed by atoms with Crippen LogP contribution in [-0.4, -0.2) is 51.4 Å². The van der Waals surface area contributed by atoms with Crippen LogP contribution >= 0.6 is 0 Å². The SMILES string of the molecule is CCN1C(=O)CCC[C@]12CCCN(C(=O)c1cccn1C)C2. The number of hydrogen-bond acceptors (Lipinski definition) is 2. The lowest BCUT2D eigenvalue weighted by atomic mass is 9.79. The molecule has 0 unspecified atom stereocenters. The molecule has 120 valence electrons. The summed E-state index contributed by atoms with van der Waals surface area (Å²) in [6.45, 7) is 4.25. The molecular formula is C17H25N3O2. The number of carbonyl (C=O) groups excluding carboxylic acids is 2. The van der Waals surface area contributed by atoms with Gasteiger partial charge in [0, 0.05) is 39.3 Å². The second-order valence-corrected chi connectivity index (χ2v) is 6.55. The van der Waals surface area contributed by atoms with Crippen molar-refractivity contribution in [3.05, 3.63) is 24.0 Å². The van der Waals surface area contributed by atoms with E-state index in [0.717, 1.165) is 44.5 Å². The number of piperidine rings is 2. The molecule has 0 radical (unpaired) electrons. The van der Waals surface area contributed by atoms with E-state index in [1.807, 2.05) is 46.7 Å². The maximum atomic E-state index is 12.8. The van der Waals surface area contributed by atoms with Crippen molar-refractivity contribution < 1.29 is 9.59 Å². The van der Waals surface area contributed by atoms with Crippen LogP contribution in [0.5, 0.6) is 0 Å². The number of likely N-dealkylation sites (tertiary alicyclic amines) is 2. The number of hydrogen-bond donors (Lipinski definition) is 0. The highest BCUT2D eigenvalue weighted by molar-refractivity contribution is 5.93. The molecule has 5 heteroatoms. The quantitative estimate of drug-likeness (QED) is 0.839. The predicted octanol–water partition coefficient (Wildman–Crippen LogP) is 2.03. The van der Waals surface area contributed by atoms with E-state index < -0.39 is 0 Å². The van der Waals surface area contributed by atoms with Gasteiger partial charge in [0.1, 0.15) is 5.69 Å². The van der Waals surface area contributed by atoms with Crippen LogP contribution in [0.15, 0.2) is 18.3 Å². The smallest absolute Gasteiger partial charge is 0.270 e. The molecule has 0 aliphatic carbocycles. The van der Waals surface area contributed by atoms with Crippen LogP contribution in [0, 0.1) is 0 Å². The lowest BCUT2D eigenvalue weighted by Gasteiger charge is -2.51. The highest BCUT2D eigenvalue weighted by Gasteiger charge is 2.45. The minimum Gasteiger partial charge on any atom is -0.347 e. The molecule has 0 N–H and O–H groups in total. The standard InChI is InChI=1S/C17H25N3O2/c1-3-20-15(21)8-4-9-17(20)10-6-12-19(13-17)16(22)14-7-5-11-18(14)2/h5,7,11H,3-4,6,8-10,12-13H2,1-2H3/t17-/m1/s1. The number of likely N-dealkylation sites (N-methyl/N-ethyl adjacent to an activating group) is 1. The third kappa shape index (κ3) is 2.42. The Morgan fingerprint density at radius 3 is 2.77 bits per heavy atom. The molecule has 0 saturated carbocycles. The van der Waals surface area contributed by atoms with Crippen molar-refractivity contribution in [3.8, 4) is 0 Å². The Balaban J connectivity index is 1.83. The molecule has 2 aliphatic rings. The normalized spacial score (nSPS) is 25.8. The Labute approximate surface area is 131 Å². The van der Waals surface area contributed by atoms with Gasteiger partial charge in [0.15, 0.2) is 0 Å². The summed E-state index contributed by atoms with van der Waals surface area (Å²) < 4.78 is 1.87. The number of amides is 2. The van der Waals surface area contributed by atoms with Gasteiger partial charge in [-0.05, 0) is 44.7 Å². The molecule has 3 rings (SSSR count). The van der Waals surface area contributed by atoms with E-state index in [1.165, 1.54) is 0 Å². The number of carbonyl (C=O) groups is 2. The topological polar surface area (TPSA) is 45.6 Å². The summed E-state index contributed by atoms with van der Waals surface area (Å²) in [5.74, 6) is 0.336. The first-order chi connectivity index (χ1) is 10.6. The molecule has 1 aromatic heterocycles. The third-order valence-electron chi connectivity index (χ3n) is 5.23. The fourth-order valence-electron chi connectivity index (χ4n) is 4.17.